The molecule has 2 aromatic rings. The highest BCUT2D eigenvalue weighted by Crippen LogP contribution is 2.30. The average Bonchev–Trinajstić information content (AvgIpc) is 2.46. The highest BCUT2D eigenvalue weighted by molar-refractivity contribution is 5.91. The lowest BCUT2D eigenvalue weighted by Crippen LogP contribution is -2.21. The number of anilines is 1. The van der Waals surface area contributed by atoms with Crippen LogP contribution in [0.2, 0.25) is 0 Å². The first kappa shape index (κ1) is 19.1. The third-order valence-electron chi connectivity index (χ3n) is 2.20. The van der Waals surface area contributed by atoms with Crippen LogP contribution in [0.1, 0.15) is 21.9 Å². The molecular weight excluding hydrogens is 346 g/mol. The van der Waals surface area contributed by atoms with Crippen molar-refractivity contribution in [3.63, 3.8) is 0 Å². The van der Waals surface area contributed by atoms with Crippen LogP contribution in [-0.2, 0) is 12.4 Å². The Labute approximate surface area is 129 Å². The number of nitrogens with zero attached hydrogens (tertiary/aromatic N) is 4. The number of carbonyl (C=O) groups excluding carboxylic acids is 1. The second-order valence-electron chi connectivity index (χ2n) is 3.90. The Kier molecular flexibility index (Phi) is 5.60. The fourth-order valence-corrected chi connectivity index (χ4v) is 1.29. The molecule has 0 atom stereocenters. The first-order valence-electron chi connectivity index (χ1n) is 5.76. The summed E-state index contributed by atoms with van der Waals surface area (Å²) in [5, 5.41) is 0. The van der Waals surface area contributed by atoms with E-state index in [1.54, 1.807) is 0 Å². The van der Waals surface area contributed by atoms with Gasteiger partial charge in [0.15, 0.2) is 22.9 Å². The topological polar surface area (TPSA) is 121 Å². The minimum absolute atomic E-state index is 0.597. The van der Waals surface area contributed by atoms with Crippen molar-refractivity contribution in [2.75, 3.05) is 5.73 Å². The molecule has 2 rings (SSSR count). The summed E-state index contributed by atoms with van der Waals surface area (Å²) >= 11 is 0. The van der Waals surface area contributed by atoms with E-state index in [-0.39, 0.29) is 0 Å². The fraction of sp³-hybridized carbons (Fsp3) is 0.182. The smallest absolute Gasteiger partial charge is 0.382 e. The van der Waals surface area contributed by atoms with Gasteiger partial charge in [-0.3, -0.25) is 4.79 Å². The predicted octanol–water partition coefficient (Wildman–Crippen LogP) is 1.67. The number of halogens is 6. The number of hydrogen-bond donors (Lipinski definition) is 2. The highest BCUT2D eigenvalue weighted by Gasteiger charge is 2.37. The largest absolute Gasteiger partial charge is 0.437 e. The number of rotatable bonds is 1. The van der Waals surface area contributed by atoms with Gasteiger partial charge in [-0.15, -0.1) is 0 Å². The molecule has 0 radical (unpaired) electrons. The molecule has 2 aromatic heterocycles. The van der Waals surface area contributed by atoms with Crippen molar-refractivity contribution < 1.29 is 31.1 Å². The van der Waals surface area contributed by atoms with E-state index in [1.807, 2.05) is 0 Å². The molecule has 0 aliphatic heterocycles. The van der Waals surface area contributed by atoms with Crippen molar-refractivity contribution in [1.82, 2.24) is 19.9 Å². The first-order valence-corrected chi connectivity index (χ1v) is 5.76. The van der Waals surface area contributed by atoms with Gasteiger partial charge in [0, 0.05) is 24.8 Å². The number of hydrogen-bond acceptors (Lipinski definition) is 6. The summed E-state index contributed by atoms with van der Waals surface area (Å²) in [5.41, 5.74) is 6.22. The predicted molar refractivity (Wildman–Crippen MR) is 67.0 cm³/mol. The maximum Gasteiger partial charge on any atom is 0.437 e. The minimum atomic E-state index is -4.71. The Hall–Kier alpha value is -2.99. The van der Waals surface area contributed by atoms with Crippen LogP contribution < -0.4 is 11.5 Å². The quantitative estimate of drug-likeness (QED) is 0.752. The summed E-state index contributed by atoms with van der Waals surface area (Å²) in [6, 6.07) is 0. The highest BCUT2D eigenvalue weighted by atomic mass is 19.4. The standard InChI is InChI=1S/C6H4F3N3O.C5H4F3N3/c7-6(8,9)4-3(5(10)13)11-1-2-12-4;6-5(7,8)3-4(9)11-2-1-10-3/h1-2H,(H2,10,13);1-2H,(H2,9,11). The summed E-state index contributed by atoms with van der Waals surface area (Å²) < 4.78 is 71.9. The molecule has 0 fully saturated rings. The number of carbonyl (C=O) groups is 1. The third-order valence-corrected chi connectivity index (χ3v) is 2.20. The monoisotopic (exact) mass is 354 g/mol. The van der Waals surface area contributed by atoms with Crippen LogP contribution in [0.3, 0.4) is 0 Å². The molecule has 24 heavy (non-hydrogen) atoms. The lowest BCUT2D eigenvalue weighted by molar-refractivity contribution is -0.142. The van der Waals surface area contributed by atoms with Gasteiger partial charge in [-0.25, -0.2) is 19.9 Å². The molecule has 7 nitrogen and oxygen atoms in total. The zero-order chi connectivity index (χ0) is 18.5. The third kappa shape index (κ3) is 5.03. The van der Waals surface area contributed by atoms with E-state index in [0.717, 1.165) is 24.8 Å². The number of alkyl halides is 6. The van der Waals surface area contributed by atoms with Crippen LogP contribution in [0.4, 0.5) is 32.2 Å². The summed E-state index contributed by atoms with van der Waals surface area (Å²) in [7, 11) is 0. The van der Waals surface area contributed by atoms with Gasteiger partial charge in [-0.1, -0.05) is 0 Å². The molecule has 13 heteroatoms. The minimum Gasteiger partial charge on any atom is -0.382 e. The molecule has 0 aliphatic carbocycles. The van der Waals surface area contributed by atoms with Crippen molar-refractivity contribution in [3.8, 4) is 0 Å². The number of nitrogen functional groups attached to an aromatic ring is 1. The molecule has 2 heterocycles. The molecule has 0 spiro atoms. The van der Waals surface area contributed by atoms with Crippen molar-refractivity contribution in [2.24, 2.45) is 5.73 Å². The van der Waals surface area contributed by atoms with E-state index in [1.165, 1.54) is 0 Å². The molecule has 1 amide bonds. The average molecular weight is 354 g/mol. The zero-order valence-electron chi connectivity index (χ0n) is 11.4. The number of nitrogens with two attached hydrogens (primary N) is 2. The van der Waals surface area contributed by atoms with Crippen molar-refractivity contribution >= 4 is 11.7 Å². The van der Waals surface area contributed by atoms with Crippen molar-refractivity contribution in [2.45, 2.75) is 12.4 Å². The first-order chi connectivity index (χ1) is 10.9. The van der Waals surface area contributed by atoms with Gasteiger partial charge < -0.3 is 11.5 Å². The van der Waals surface area contributed by atoms with E-state index in [0.29, 0.717) is 0 Å². The molecule has 130 valence electrons. The van der Waals surface area contributed by atoms with Gasteiger partial charge in [-0.2, -0.15) is 26.3 Å². The van der Waals surface area contributed by atoms with Gasteiger partial charge >= 0.3 is 12.4 Å². The number of primary amides is 1. The summed E-state index contributed by atoms with van der Waals surface area (Å²) in [5.74, 6) is -1.85. The Morgan fingerprint density at radius 3 is 1.54 bits per heavy atom. The number of aromatic nitrogens is 4. The Bertz CT molecular complexity index is 717. The van der Waals surface area contributed by atoms with E-state index in [2.05, 4.69) is 25.7 Å². The molecule has 0 aliphatic rings. The molecular formula is C11H8F6N6O. The van der Waals surface area contributed by atoms with Crippen LogP contribution in [0, 0.1) is 0 Å². The van der Waals surface area contributed by atoms with Gasteiger partial charge in [0.2, 0.25) is 0 Å². The van der Waals surface area contributed by atoms with Gasteiger partial charge in [0.05, 0.1) is 0 Å². The molecule has 0 saturated carbocycles. The van der Waals surface area contributed by atoms with E-state index < -0.39 is 41.2 Å². The maximum absolute atomic E-state index is 12.1. The van der Waals surface area contributed by atoms with Crippen LogP contribution in [-0.4, -0.2) is 25.8 Å². The fourth-order valence-electron chi connectivity index (χ4n) is 1.29. The van der Waals surface area contributed by atoms with Crippen molar-refractivity contribution in [1.29, 1.82) is 0 Å². The van der Waals surface area contributed by atoms with Crippen LogP contribution in [0.25, 0.3) is 0 Å². The summed E-state index contributed by atoms with van der Waals surface area (Å²) in [6.45, 7) is 0. The lowest BCUT2D eigenvalue weighted by atomic mass is 10.3. The zero-order valence-corrected chi connectivity index (χ0v) is 11.4. The summed E-state index contributed by atoms with van der Waals surface area (Å²) in [6.07, 6.45) is -5.37. The van der Waals surface area contributed by atoms with Gasteiger partial charge in [-0.05, 0) is 0 Å². The molecule has 0 unspecified atom stereocenters. The normalized spacial score (nSPS) is 11.4. The van der Waals surface area contributed by atoms with Crippen LogP contribution in [0.15, 0.2) is 24.8 Å². The Balaban J connectivity index is 0.000000243. The van der Waals surface area contributed by atoms with Crippen molar-refractivity contribution in [3.05, 3.63) is 41.9 Å². The SMILES string of the molecule is NC(=O)c1nccnc1C(F)(F)F.Nc1nccnc1C(F)(F)F. The Morgan fingerprint density at radius 1 is 0.792 bits per heavy atom. The maximum atomic E-state index is 12.1. The van der Waals surface area contributed by atoms with E-state index >= 15 is 0 Å². The van der Waals surface area contributed by atoms with E-state index in [9.17, 15) is 31.1 Å². The Morgan fingerprint density at radius 2 is 1.21 bits per heavy atom. The molecule has 4 N–H and O–H groups in total. The van der Waals surface area contributed by atoms with Gasteiger partial charge in [0.1, 0.15) is 0 Å². The number of amides is 1. The molecule has 0 saturated heterocycles. The lowest BCUT2D eigenvalue weighted by Gasteiger charge is -2.06. The second kappa shape index (κ2) is 7.06. The molecule has 0 aromatic carbocycles. The summed E-state index contributed by atoms with van der Waals surface area (Å²) in [4.78, 5) is 22.9. The van der Waals surface area contributed by atoms with E-state index in [4.69, 9.17) is 5.73 Å². The second-order valence-corrected chi connectivity index (χ2v) is 3.90. The van der Waals surface area contributed by atoms with Crippen LogP contribution >= 0.6 is 0 Å². The van der Waals surface area contributed by atoms with Gasteiger partial charge in [0.25, 0.3) is 5.91 Å². The molecule has 0 bridgehead atoms. The van der Waals surface area contributed by atoms with Crippen LogP contribution in [0.5, 0.6) is 0 Å².